The molecule has 1 heterocycles. The largest absolute Gasteiger partial charge is 0.512 e. The van der Waals surface area contributed by atoms with E-state index in [4.69, 9.17) is 23.7 Å². The van der Waals surface area contributed by atoms with E-state index in [9.17, 15) is 39.0 Å². The van der Waals surface area contributed by atoms with E-state index in [1.54, 1.807) is 0 Å². The Morgan fingerprint density at radius 2 is 1.38 bits per heavy atom. The zero-order chi connectivity index (χ0) is 36.5. The Morgan fingerprint density at radius 3 is 1.92 bits per heavy atom. The number of fused-ring (bicyclic) bond motifs is 3. The van der Waals surface area contributed by atoms with E-state index < -0.39 is 91.2 Å². The lowest BCUT2D eigenvalue weighted by Gasteiger charge is -2.45. The molecule has 0 aromatic heterocycles. The molecule has 268 valence electrons. The Balaban J connectivity index is 1.49. The fourth-order valence-corrected chi connectivity index (χ4v) is 5.97. The Labute approximate surface area is 287 Å². The van der Waals surface area contributed by atoms with Crippen LogP contribution in [0.4, 0.5) is 4.79 Å². The van der Waals surface area contributed by atoms with Gasteiger partial charge in [-0.25, -0.2) is 4.79 Å². The molecule has 16 nitrogen and oxygen atoms in total. The van der Waals surface area contributed by atoms with Gasteiger partial charge in [0, 0.05) is 33.6 Å². The Morgan fingerprint density at radius 1 is 0.800 bits per heavy atom. The molecular formula is C34H39N3O13. The van der Waals surface area contributed by atoms with Crippen molar-refractivity contribution in [2.75, 3.05) is 13.2 Å². The van der Waals surface area contributed by atoms with Crippen molar-refractivity contribution in [3.05, 3.63) is 71.7 Å². The number of aliphatic hydroxyl groups is 2. The fourth-order valence-electron chi connectivity index (χ4n) is 5.97. The second-order valence-corrected chi connectivity index (χ2v) is 11.6. The monoisotopic (exact) mass is 697 g/mol. The maximum Gasteiger partial charge on any atom is 0.407 e. The Kier molecular flexibility index (Phi) is 12.4. The molecule has 0 bridgehead atoms. The number of ether oxygens (including phenoxy) is 5. The second kappa shape index (κ2) is 16.6. The molecule has 6 atom stereocenters. The van der Waals surface area contributed by atoms with Gasteiger partial charge >= 0.3 is 24.0 Å². The van der Waals surface area contributed by atoms with E-state index in [0.29, 0.717) is 6.26 Å². The molecule has 2 aliphatic rings. The average molecular weight is 698 g/mol. The fraction of sp³-hybridized carbons (Fsp3) is 0.412. The van der Waals surface area contributed by atoms with Crippen LogP contribution in [0.1, 0.15) is 51.2 Å². The summed E-state index contributed by atoms with van der Waals surface area (Å²) in [6.07, 6.45) is -7.01. The van der Waals surface area contributed by atoms with Crippen LogP contribution in [-0.2, 0) is 47.7 Å². The van der Waals surface area contributed by atoms with E-state index in [1.807, 2.05) is 48.5 Å². The predicted octanol–water partition coefficient (Wildman–Crippen LogP) is 2.01. The predicted molar refractivity (Wildman–Crippen MR) is 172 cm³/mol. The van der Waals surface area contributed by atoms with Crippen molar-refractivity contribution in [2.24, 2.45) is 0 Å². The minimum atomic E-state index is -1.54. The maximum absolute atomic E-state index is 13.4. The van der Waals surface area contributed by atoms with Gasteiger partial charge in [-0.2, -0.15) is 0 Å². The van der Waals surface area contributed by atoms with Gasteiger partial charge in [-0.1, -0.05) is 48.5 Å². The third-order valence-corrected chi connectivity index (χ3v) is 7.94. The summed E-state index contributed by atoms with van der Waals surface area (Å²) in [5, 5.41) is 27.3. The zero-order valence-corrected chi connectivity index (χ0v) is 27.7. The lowest BCUT2D eigenvalue weighted by molar-refractivity contribution is -0.226. The van der Waals surface area contributed by atoms with E-state index >= 15 is 0 Å². The molecular weight excluding hydrogens is 658 g/mol. The highest BCUT2D eigenvalue weighted by Gasteiger charge is 2.51. The molecule has 5 N–H and O–H groups in total. The first kappa shape index (κ1) is 37.2. The number of esters is 3. The molecule has 2 aromatic rings. The van der Waals surface area contributed by atoms with Gasteiger partial charge in [-0.05, 0) is 22.3 Å². The maximum atomic E-state index is 13.4. The van der Waals surface area contributed by atoms with Crippen LogP contribution in [0.3, 0.4) is 0 Å². The Hall–Kier alpha value is -5.64. The smallest absolute Gasteiger partial charge is 0.407 e. The van der Waals surface area contributed by atoms with Crippen molar-refractivity contribution >= 4 is 35.8 Å². The van der Waals surface area contributed by atoms with Crippen LogP contribution in [-0.4, -0.2) is 95.9 Å². The summed E-state index contributed by atoms with van der Waals surface area (Å²) in [5.41, 5.74) is 3.95. The molecule has 1 aliphatic heterocycles. The van der Waals surface area contributed by atoms with Crippen LogP contribution < -0.4 is 16.0 Å². The van der Waals surface area contributed by atoms with E-state index in [0.717, 1.165) is 49.9 Å². The number of nitrogens with one attached hydrogen (secondary N) is 3. The molecule has 0 spiro atoms. The normalized spacial score (nSPS) is 21.8. The Bertz CT molecular complexity index is 1600. The van der Waals surface area contributed by atoms with Gasteiger partial charge in [0.25, 0.3) is 0 Å². The number of carbonyl (C=O) groups is 6. The van der Waals surface area contributed by atoms with Crippen LogP contribution >= 0.6 is 0 Å². The molecule has 50 heavy (non-hydrogen) atoms. The number of aliphatic hydroxyl groups excluding tert-OH is 2. The molecule has 2 aromatic carbocycles. The van der Waals surface area contributed by atoms with Gasteiger partial charge < -0.3 is 49.8 Å². The summed E-state index contributed by atoms with van der Waals surface area (Å²) in [6, 6.07) is 12.6. The van der Waals surface area contributed by atoms with Crippen molar-refractivity contribution in [1.29, 1.82) is 0 Å². The SMILES string of the molecule is CC(=O)N[C@H]1[C@@H](OC(C)=O)[C@@H](NC(=O)C[C@@H](NC(=O)OCC2c3ccccc3-c3ccccc32)/C(O)=C/O)O[C@@H](COC(C)=O)[C@H]1OC(C)=O. The number of benzene rings is 2. The summed E-state index contributed by atoms with van der Waals surface area (Å²) in [6.45, 7) is 3.88. The molecule has 1 aliphatic carbocycles. The number of amides is 3. The van der Waals surface area contributed by atoms with E-state index in [2.05, 4.69) is 16.0 Å². The summed E-state index contributed by atoms with van der Waals surface area (Å²) in [4.78, 5) is 74.2. The van der Waals surface area contributed by atoms with Gasteiger partial charge in [-0.3, -0.25) is 24.0 Å². The molecule has 0 radical (unpaired) electrons. The van der Waals surface area contributed by atoms with Crippen molar-refractivity contribution < 1.29 is 62.7 Å². The van der Waals surface area contributed by atoms with Crippen LogP contribution in [0.2, 0.25) is 0 Å². The van der Waals surface area contributed by atoms with Crippen molar-refractivity contribution in [2.45, 2.75) is 76.7 Å². The lowest BCUT2D eigenvalue weighted by atomic mass is 9.94. The first-order valence-electron chi connectivity index (χ1n) is 15.6. The second-order valence-electron chi connectivity index (χ2n) is 11.6. The van der Waals surface area contributed by atoms with Crippen LogP contribution in [0, 0.1) is 0 Å². The van der Waals surface area contributed by atoms with Crippen LogP contribution in [0.25, 0.3) is 11.1 Å². The highest BCUT2D eigenvalue weighted by molar-refractivity contribution is 5.80. The summed E-state index contributed by atoms with van der Waals surface area (Å²) in [5.74, 6) is -4.92. The summed E-state index contributed by atoms with van der Waals surface area (Å²) < 4.78 is 27.2. The average Bonchev–Trinajstić information content (AvgIpc) is 3.37. The number of rotatable bonds is 12. The quantitative estimate of drug-likeness (QED) is 0.122. The molecule has 1 fully saturated rings. The number of hydrogen-bond acceptors (Lipinski definition) is 13. The van der Waals surface area contributed by atoms with E-state index in [-0.39, 0.29) is 12.5 Å². The van der Waals surface area contributed by atoms with Gasteiger partial charge in [0.15, 0.2) is 18.4 Å². The summed E-state index contributed by atoms with van der Waals surface area (Å²) >= 11 is 0. The minimum Gasteiger partial charge on any atom is -0.512 e. The van der Waals surface area contributed by atoms with Crippen molar-refractivity contribution in [3.63, 3.8) is 0 Å². The van der Waals surface area contributed by atoms with Crippen molar-refractivity contribution in [3.8, 4) is 11.1 Å². The lowest BCUT2D eigenvalue weighted by Crippen LogP contribution is -2.69. The van der Waals surface area contributed by atoms with E-state index in [1.165, 1.54) is 0 Å². The molecule has 1 saturated heterocycles. The molecule has 0 unspecified atom stereocenters. The van der Waals surface area contributed by atoms with Gasteiger partial charge in [-0.15, -0.1) is 0 Å². The van der Waals surface area contributed by atoms with Crippen LogP contribution in [0.15, 0.2) is 60.6 Å². The zero-order valence-electron chi connectivity index (χ0n) is 27.7. The van der Waals surface area contributed by atoms with Crippen molar-refractivity contribution in [1.82, 2.24) is 16.0 Å². The number of carbonyl (C=O) groups excluding carboxylic acids is 6. The first-order chi connectivity index (χ1) is 23.8. The summed E-state index contributed by atoms with van der Waals surface area (Å²) in [7, 11) is 0. The number of hydrogen-bond donors (Lipinski definition) is 5. The van der Waals surface area contributed by atoms with Gasteiger partial charge in [0.1, 0.15) is 43.4 Å². The van der Waals surface area contributed by atoms with Crippen LogP contribution in [0.5, 0.6) is 0 Å². The molecule has 0 saturated carbocycles. The first-order valence-corrected chi connectivity index (χ1v) is 15.6. The topological polar surface area (TPSA) is 225 Å². The molecule has 16 heteroatoms. The number of alkyl carbamates (subject to hydrolysis) is 1. The molecule has 4 rings (SSSR count). The minimum absolute atomic E-state index is 0.0693. The molecule has 3 amide bonds. The van der Waals surface area contributed by atoms with Gasteiger partial charge in [0.05, 0.1) is 6.42 Å². The third kappa shape index (κ3) is 9.28. The third-order valence-electron chi connectivity index (χ3n) is 7.94. The highest BCUT2D eigenvalue weighted by Crippen LogP contribution is 2.44. The standard InChI is InChI=1S/C34H39N3O13/c1-17(39)35-30-31(48-19(3)41)28(16-46-18(2)40)50-33(32(30)49-20(4)42)37-29(44)13-26(27(43)14-38)36-34(45)47-15-25-23-11-7-5-9-21(23)22-10-6-8-12-24(22)25/h5-12,14,25-26,28,30-33,38,43H,13,15-16H2,1-4H3,(H,35,39)(H,36,45)(H,37,44)/b27-14-/t26-,28+,30-,31-,32-,33+/m1/s1. The van der Waals surface area contributed by atoms with Gasteiger partial charge in [0.2, 0.25) is 11.8 Å². The highest BCUT2D eigenvalue weighted by atomic mass is 16.6.